The highest BCUT2D eigenvalue weighted by Gasteiger charge is 2.28. The first-order valence-corrected chi connectivity index (χ1v) is 6.90. The van der Waals surface area contributed by atoms with Gasteiger partial charge < -0.3 is 15.6 Å². The summed E-state index contributed by atoms with van der Waals surface area (Å²) in [5.41, 5.74) is 6.69. The Morgan fingerprint density at radius 3 is 2.50 bits per heavy atom. The average Bonchev–Trinajstić information content (AvgIpc) is 2.46. The number of hydrogen-bond acceptors (Lipinski definition) is 3. The van der Waals surface area contributed by atoms with Gasteiger partial charge in [0.15, 0.2) is 11.6 Å². The van der Waals surface area contributed by atoms with Crippen molar-refractivity contribution >= 4 is 12.4 Å². The summed E-state index contributed by atoms with van der Waals surface area (Å²) in [7, 11) is 1.43. The summed E-state index contributed by atoms with van der Waals surface area (Å²) in [6.45, 7) is 0. The fourth-order valence-electron chi connectivity index (χ4n) is 2.86. The minimum atomic E-state index is -0.604. The summed E-state index contributed by atoms with van der Waals surface area (Å²) in [5.74, 6) is -0.0108. The molecule has 0 aromatic heterocycles. The van der Waals surface area contributed by atoms with Crippen LogP contribution >= 0.6 is 12.4 Å². The lowest BCUT2D eigenvalue weighted by Gasteiger charge is -2.30. The zero-order valence-corrected chi connectivity index (χ0v) is 12.5. The molecular formula is C15H23ClFNO2. The largest absolute Gasteiger partial charge is 0.494 e. The molecule has 2 atom stereocenters. The van der Waals surface area contributed by atoms with E-state index in [-0.39, 0.29) is 24.1 Å². The number of hydrogen-bond donors (Lipinski definition) is 2. The molecule has 0 spiro atoms. The summed E-state index contributed by atoms with van der Waals surface area (Å²) in [4.78, 5) is 0. The molecule has 114 valence electrons. The number of methoxy groups -OCH3 is 1. The van der Waals surface area contributed by atoms with Gasteiger partial charge in [-0.2, -0.15) is 0 Å². The Kier molecular flexibility index (Phi) is 6.72. The van der Waals surface area contributed by atoms with Crippen LogP contribution in [0.15, 0.2) is 18.2 Å². The predicted molar refractivity (Wildman–Crippen MR) is 79.7 cm³/mol. The molecule has 0 unspecified atom stereocenters. The molecule has 0 bridgehead atoms. The first-order valence-electron chi connectivity index (χ1n) is 6.90. The van der Waals surface area contributed by atoms with Crippen LogP contribution in [-0.2, 0) is 0 Å². The summed E-state index contributed by atoms with van der Waals surface area (Å²) in [6.07, 6.45) is 4.93. The third-order valence-electron chi connectivity index (χ3n) is 4.06. The number of nitrogens with two attached hydrogens (primary N) is 1. The van der Waals surface area contributed by atoms with Crippen LogP contribution in [-0.4, -0.2) is 18.3 Å². The SMILES string of the molecule is COc1ccc([C@@H](N)[C@@H](O)C2CCCCC2)cc1F.Cl. The molecule has 2 rings (SSSR count). The maximum atomic E-state index is 13.7. The first-order chi connectivity index (χ1) is 9.13. The number of ether oxygens (including phenoxy) is 1. The lowest BCUT2D eigenvalue weighted by Crippen LogP contribution is -2.34. The van der Waals surface area contributed by atoms with Crippen LogP contribution in [0.5, 0.6) is 5.75 Å². The maximum Gasteiger partial charge on any atom is 0.165 e. The van der Waals surface area contributed by atoms with Crippen molar-refractivity contribution in [2.24, 2.45) is 11.7 Å². The smallest absolute Gasteiger partial charge is 0.165 e. The molecule has 5 heteroatoms. The van der Waals surface area contributed by atoms with E-state index in [1.165, 1.54) is 19.6 Å². The van der Waals surface area contributed by atoms with Gasteiger partial charge in [-0.1, -0.05) is 25.3 Å². The Labute approximate surface area is 125 Å². The third-order valence-corrected chi connectivity index (χ3v) is 4.06. The van der Waals surface area contributed by atoms with Gasteiger partial charge in [-0.05, 0) is 36.5 Å². The van der Waals surface area contributed by atoms with Crippen molar-refractivity contribution in [1.29, 1.82) is 0 Å². The Bertz CT molecular complexity index is 424. The highest BCUT2D eigenvalue weighted by Crippen LogP contribution is 2.32. The normalized spacial score (nSPS) is 19.0. The van der Waals surface area contributed by atoms with Gasteiger partial charge in [-0.25, -0.2) is 4.39 Å². The Morgan fingerprint density at radius 2 is 1.95 bits per heavy atom. The molecule has 1 aliphatic carbocycles. The van der Waals surface area contributed by atoms with E-state index in [0.717, 1.165) is 25.7 Å². The molecule has 1 fully saturated rings. The quantitative estimate of drug-likeness (QED) is 0.898. The highest BCUT2D eigenvalue weighted by atomic mass is 35.5. The number of halogens is 2. The van der Waals surface area contributed by atoms with E-state index >= 15 is 0 Å². The van der Waals surface area contributed by atoms with Gasteiger partial charge in [-0.3, -0.25) is 0 Å². The summed E-state index contributed by atoms with van der Waals surface area (Å²) in [6, 6.07) is 4.09. The summed E-state index contributed by atoms with van der Waals surface area (Å²) >= 11 is 0. The fourth-order valence-corrected chi connectivity index (χ4v) is 2.86. The molecule has 1 aromatic carbocycles. The molecule has 1 aliphatic rings. The summed E-state index contributed by atoms with van der Waals surface area (Å²) < 4.78 is 18.5. The fraction of sp³-hybridized carbons (Fsp3) is 0.600. The van der Waals surface area contributed by atoms with E-state index in [1.807, 2.05) is 0 Å². The van der Waals surface area contributed by atoms with Crippen LogP contribution in [0.2, 0.25) is 0 Å². The van der Waals surface area contributed by atoms with E-state index in [4.69, 9.17) is 10.5 Å². The average molecular weight is 304 g/mol. The van der Waals surface area contributed by atoms with Crippen LogP contribution < -0.4 is 10.5 Å². The molecule has 0 radical (unpaired) electrons. The van der Waals surface area contributed by atoms with E-state index < -0.39 is 18.0 Å². The Morgan fingerprint density at radius 1 is 1.30 bits per heavy atom. The van der Waals surface area contributed by atoms with Crippen molar-refractivity contribution < 1.29 is 14.2 Å². The highest BCUT2D eigenvalue weighted by molar-refractivity contribution is 5.85. The van der Waals surface area contributed by atoms with Crippen molar-refractivity contribution in [3.8, 4) is 5.75 Å². The molecule has 1 saturated carbocycles. The van der Waals surface area contributed by atoms with Gasteiger partial charge in [-0.15, -0.1) is 12.4 Å². The number of aliphatic hydroxyl groups excluding tert-OH is 1. The first kappa shape index (κ1) is 17.2. The van der Waals surface area contributed by atoms with Gasteiger partial charge in [0.1, 0.15) is 0 Å². The second kappa shape index (κ2) is 7.81. The molecule has 0 amide bonds. The van der Waals surface area contributed by atoms with Crippen LogP contribution in [0.1, 0.15) is 43.7 Å². The predicted octanol–water partition coefficient (Wildman–Crippen LogP) is 3.20. The number of rotatable bonds is 4. The zero-order valence-electron chi connectivity index (χ0n) is 11.7. The zero-order chi connectivity index (χ0) is 13.8. The van der Waals surface area contributed by atoms with Gasteiger partial charge in [0, 0.05) is 0 Å². The van der Waals surface area contributed by atoms with Crippen LogP contribution in [0, 0.1) is 11.7 Å². The topological polar surface area (TPSA) is 55.5 Å². The molecule has 3 nitrogen and oxygen atoms in total. The standard InChI is InChI=1S/C15H22FNO2.ClH/c1-19-13-8-7-11(9-12(13)16)14(17)15(18)10-5-3-2-4-6-10;/h7-10,14-15,18H,2-6,17H2,1H3;1H/t14-,15+;/m1./s1. The van der Waals surface area contributed by atoms with Crippen LogP contribution in [0.3, 0.4) is 0 Å². The molecule has 0 aliphatic heterocycles. The molecule has 1 aromatic rings. The van der Waals surface area contributed by atoms with Crippen molar-refractivity contribution in [2.45, 2.75) is 44.2 Å². The summed E-state index contributed by atoms with van der Waals surface area (Å²) in [5, 5.41) is 10.3. The number of aliphatic hydroxyl groups is 1. The van der Waals surface area contributed by atoms with E-state index in [1.54, 1.807) is 12.1 Å². The lowest BCUT2D eigenvalue weighted by molar-refractivity contribution is 0.0617. The monoisotopic (exact) mass is 303 g/mol. The molecule has 0 heterocycles. The second-order valence-electron chi connectivity index (χ2n) is 5.31. The van der Waals surface area contributed by atoms with Gasteiger partial charge in [0.2, 0.25) is 0 Å². The Hall–Kier alpha value is -0.840. The minimum absolute atomic E-state index is 0. The molecule has 0 saturated heterocycles. The number of benzene rings is 1. The van der Waals surface area contributed by atoms with Gasteiger partial charge >= 0.3 is 0 Å². The molecule has 3 N–H and O–H groups in total. The molecule has 20 heavy (non-hydrogen) atoms. The van der Waals surface area contributed by atoms with Crippen molar-refractivity contribution in [3.05, 3.63) is 29.6 Å². The van der Waals surface area contributed by atoms with E-state index in [0.29, 0.717) is 5.56 Å². The second-order valence-corrected chi connectivity index (χ2v) is 5.31. The van der Waals surface area contributed by atoms with Crippen molar-refractivity contribution in [1.82, 2.24) is 0 Å². The van der Waals surface area contributed by atoms with E-state index in [2.05, 4.69) is 0 Å². The van der Waals surface area contributed by atoms with Gasteiger partial charge in [0.05, 0.1) is 19.3 Å². The van der Waals surface area contributed by atoms with Crippen molar-refractivity contribution in [2.75, 3.05) is 7.11 Å². The van der Waals surface area contributed by atoms with Crippen LogP contribution in [0.25, 0.3) is 0 Å². The third kappa shape index (κ3) is 3.84. The van der Waals surface area contributed by atoms with Gasteiger partial charge in [0.25, 0.3) is 0 Å². The van der Waals surface area contributed by atoms with Crippen LogP contribution in [0.4, 0.5) is 4.39 Å². The van der Waals surface area contributed by atoms with Crippen molar-refractivity contribution in [3.63, 3.8) is 0 Å². The maximum absolute atomic E-state index is 13.7. The minimum Gasteiger partial charge on any atom is -0.494 e. The lowest BCUT2D eigenvalue weighted by atomic mass is 9.81. The molecular weight excluding hydrogens is 281 g/mol. The Balaban J connectivity index is 0.00000200. The van der Waals surface area contributed by atoms with E-state index in [9.17, 15) is 9.50 Å².